The highest BCUT2D eigenvalue weighted by molar-refractivity contribution is 7.85. The van der Waals surface area contributed by atoms with Crippen molar-refractivity contribution >= 4 is 15.9 Å². The van der Waals surface area contributed by atoms with Crippen LogP contribution in [0.3, 0.4) is 0 Å². The fourth-order valence-electron chi connectivity index (χ4n) is 3.29. The van der Waals surface area contributed by atoms with Crippen LogP contribution in [0, 0.1) is 6.92 Å². The molecule has 5 nitrogen and oxygen atoms in total. The van der Waals surface area contributed by atoms with Gasteiger partial charge >= 0.3 is 0 Å². The number of nitrogens with zero attached hydrogens (tertiary/aromatic N) is 1. The summed E-state index contributed by atoms with van der Waals surface area (Å²) in [7, 11) is -4.27. The van der Waals surface area contributed by atoms with Gasteiger partial charge in [0.15, 0.2) is 5.78 Å². The second-order valence-corrected chi connectivity index (χ2v) is 7.96. The Balaban J connectivity index is 0.000000243. The van der Waals surface area contributed by atoms with Gasteiger partial charge in [-0.3, -0.25) is 4.79 Å². The molecule has 0 radical (unpaired) electrons. The van der Waals surface area contributed by atoms with Crippen LogP contribution in [0.5, 0.6) is 0 Å². The van der Waals surface area contributed by atoms with Gasteiger partial charge in [-0.15, -0.1) is 0 Å². The lowest BCUT2D eigenvalue weighted by Crippen LogP contribution is -2.55. The zero-order valence-electron chi connectivity index (χ0n) is 15.0. The largest absolute Gasteiger partial charge is 0.744 e. The van der Waals surface area contributed by atoms with Crippen molar-refractivity contribution in [3.63, 3.8) is 0 Å². The molecular formula is C18H29NO4S. The molecule has 1 saturated heterocycles. The monoisotopic (exact) mass is 355 g/mol. The second-order valence-electron chi connectivity index (χ2n) is 6.58. The van der Waals surface area contributed by atoms with E-state index in [0.717, 1.165) is 29.4 Å². The number of hydrogen-bond donors (Lipinski definition) is 0. The first-order valence-electron chi connectivity index (χ1n) is 8.62. The van der Waals surface area contributed by atoms with Gasteiger partial charge in [-0.05, 0) is 31.9 Å². The summed E-state index contributed by atoms with van der Waals surface area (Å²) >= 11 is 0. The first kappa shape index (κ1) is 20.8. The fourth-order valence-corrected chi connectivity index (χ4v) is 3.76. The minimum Gasteiger partial charge on any atom is -0.744 e. The van der Waals surface area contributed by atoms with Crippen LogP contribution in [-0.4, -0.2) is 49.4 Å². The van der Waals surface area contributed by atoms with Crippen LogP contribution in [0.1, 0.15) is 45.1 Å². The fraction of sp³-hybridized carbons (Fsp3) is 0.611. The van der Waals surface area contributed by atoms with Gasteiger partial charge in [0, 0.05) is 12.8 Å². The standard InChI is InChI=1S/C11H22NO.C7H8O3S/c1-3-7-12(8-4-2)9-5-6-11(13)10-12;1-6-2-4-7(5-3-6)11(8,9)10/h3-10H2,1-2H3;2-5H,1H3,(H,8,9,10)/q+1;/p-1. The summed E-state index contributed by atoms with van der Waals surface area (Å²) in [6.07, 6.45) is 4.34. The van der Waals surface area contributed by atoms with Crippen molar-refractivity contribution in [3.8, 4) is 0 Å². The van der Waals surface area contributed by atoms with Gasteiger partial charge in [-0.1, -0.05) is 31.5 Å². The summed E-state index contributed by atoms with van der Waals surface area (Å²) in [6, 6.07) is 5.78. The van der Waals surface area contributed by atoms with E-state index in [0.29, 0.717) is 5.78 Å². The number of piperidine rings is 1. The molecule has 0 saturated carbocycles. The van der Waals surface area contributed by atoms with Crippen LogP contribution >= 0.6 is 0 Å². The lowest BCUT2D eigenvalue weighted by atomic mass is 10.1. The van der Waals surface area contributed by atoms with Crippen LogP contribution < -0.4 is 0 Å². The molecule has 0 bridgehead atoms. The number of likely N-dealkylation sites (tertiary alicyclic amines) is 1. The summed E-state index contributed by atoms with van der Waals surface area (Å²) in [5, 5.41) is 0. The minimum absolute atomic E-state index is 0.178. The van der Waals surface area contributed by atoms with Crippen molar-refractivity contribution in [2.75, 3.05) is 26.2 Å². The van der Waals surface area contributed by atoms with Gasteiger partial charge < -0.3 is 9.04 Å². The third kappa shape index (κ3) is 6.71. The van der Waals surface area contributed by atoms with E-state index in [-0.39, 0.29) is 4.90 Å². The minimum atomic E-state index is -4.27. The van der Waals surface area contributed by atoms with Crippen molar-refractivity contribution in [3.05, 3.63) is 29.8 Å². The Bertz CT molecular complexity index is 611. The maximum atomic E-state index is 11.4. The first-order chi connectivity index (χ1) is 11.2. The number of ketones is 1. The maximum Gasteiger partial charge on any atom is 0.187 e. The van der Waals surface area contributed by atoms with Gasteiger partial charge in [-0.25, -0.2) is 8.42 Å². The third-order valence-electron chi connectivity index (χ3n) is 4.31. The van der Waals surface area contributed by atoms with E-state index in [1.165, 1.54) is 44.6 Å². The van der Waals surface area contributed by atoms with Gasteiger partial charge in [0.1, 0.15) is 16.7 Å². The van der Waals surface area contributed by atoms with Crippen molar-refractivity contribution in [1.29, 1.82) is 0 Å². The average molecular weight is 356 g/mol. The molecule has 0 spiro atoms. The van der Waals surface area contributed by atoms with Gasteiger partial charge in [0.05, 0.1) is 24.5 Å². The summed E-state index contributed by atoms with van der Waals surface area (Å²) in [5.41, 5.74) is 0.928. The summed E-state index contributed by atoms with van der Waals surface area (Å²) in [6.45, 7) is 10.7. The molecular weight excluding hydrogens is 326 g/mol. The summed E-state index contributed by atoms with van der Waals surface area (Å²) in [5.74, 6) is 0.480. The molecule has 0 aromatic heterocycles. The number of hydrogen-bond acceptors (Lipinski definition) is 4. The third-order valence-corrected chi connectivity index (χ3v) is 5.15. The van der Waals surface area contributed by atoms with E-state index in [2.05, 4.69) is 13.8 Å². The van der Waals surface area contributed by atoms with E-state index in [1.807, 2.05) is 6.92 Å². The molecule has 1 aromatic carbocycles. The predicted octanol–water partition coefficient (Wildman–Crippen LogP) is 2.89. The molecule has 0 N–H and O–H groups in total. The van der Waals surface area contributed by atoms with E-state index in [4.69, 9.17) is 0 Å². The molecule has 24 heavy (non-hydrogen) atoms. The van der Waals surface area contributed by atoms with Crippen LogP contribution in [-0.2, 0) is 14.9 Å². The SMILES string of the molecule is CCC[N+]1(CCC)CCCC(=O)C1.Cc1ccc(S(=O)(=O)[O-])cc1. The number of aryl methyl sites for hydroxylation is 1. The van der Waals surface area contributed by atoms with E-state index in [9.17, 15) is 17.8 Å². The lowest BCUT2D eigenvalue weighted by Gasteiger charge is -2.40. The molecule has 0 aliphatic carbocycles. The number of Topliss-reactive ketones (excluding diaryl/α,β-unsaturated/α-hetero) is 1. The number of benzene rings is 1. The topological polar surface area (TPSA) is 74.3 Å². The molecule has 0 unspecified atom stereocenters. The Morgan fingerprint density at radius 1 is 1.08 bits per heavy atom. The Kier molecular flexibility index (Phi) is 8.06. The first-order valence-corrected chi connectivity index (χ1v) is 10.0. The highest BCUT2D eigenvalue weighted by Gasteiger charge is 2.32. The number of carbonyl (C=O) groups is 1. The average Bonchev–Trinajstić information content (AvgIpc) is 2.48. The summed E-state index contributed by atoms with van der Waals surface area (Å²) < 4.78 is 32.2. The normalized spacial score (nSPS) is 17.1. The molecule has 1 heterocycles. The Labute approximate surface area is 146 Å². The number of quaternary nitrogens is 1. The molecule has 1 fully saturated rings. The Hall–Kier alpha value is -1.24. The van der Waals surface area contributed by atoms with Gasteiger partial charge in [0.25, 0.3) is 0 Å². The molecule has 6 heteroatoms. The van der Waals surface area contributed by atoms with Crippen molar-refractivity contribution < 1.29 is 22.2 Å². The quantitative estimate of drug-likeness (QED) is 0.601. The van der Waals surface area contributed by atoms with Gasteiger partial charge in [-0.2, -0.15) is 0 Å². The zero-order chi connectivity index (χ0) is 18.2. The molecule has 1 aliphatic heterocycles. The highest BCUT2D eigenvalue weighted by Crippen LogP contribution is 2.18. The molecule has 2 rings (SSSR count). The van der Waals surface area contributed by atoms with Crippen LogP contribution in [0.4, 0.5) is 0 Å². The van der Waals surface area contributed by atoms with Crippen LogP contribution in [0.15, 0.2) is 29.2 Å². The van der Waals surface area contributed by atoms with Crippen LogP contribution in [0.2, 0.25) is 0 Å². The van der Waals surface area contributed by atoms with Crippen LogP contribution in [0.25, 0.3) is 0 Å². The van der Waals surface area contributed by atoms with Crippen molar-refractivity contribution in [2.24, 2.45) is 0 Å². The molecule has 1 aromatic rings. The Morgan fingerprint density at radius 2 is 1.62 bits per heavy atom. The molecule has 136 valence electrons. The Morgan fingerprint density at radius 3 is 2.04 bits per heavy atom. The maximum absolute atomic E-state index is 11.4. The lowest BCUT2D eigenvalue weighted by molar-refractivity contribution is -0.923. The number of carbonyl (C=O) groups excluding carboxylic acids is 1. The van der Waals surface area contributed by atoms with E-state index < -0.39 is 10.1 Å². The van der Waals surface area contributed by atoms with Crippen molar-refractivity contribution in [1.82, 2.24) is 0 Å². The second kappa shape index (κ2) is 9.30. The summed E-state index contributed by atoms with van der Waals surface area (Å²) in [4.78, 5) is 11.2. The number of rotatable bonds is 5. The molecule has 1 aliphatic rings. The van der Waals surface area contributed by atoms with Crippen molar-refractivity contribution in [2.45, 2.75) is 51.3 Å². The highest BCUT2D eigenvalue weighted by atomic mass is 32.2. The smallest absolute Gasteiger partial charge is 0.187 e. The molecule has 0 atom stereocenters. The van der Waals surface area contributed by atoms with E-state index in [1.54, 1.807) is 12.1 Å². The van der Waals surface area contributed by atoms with Gasteiger partial charge in [0.2, 0.25) is 0 Å². The zero-order valence-corrected chi connectivity index (χ0v) is 15.8. The van der Waals surface area contributed by atoms with E-state index >= 15 is 0 Å². The predicted molar refractivity (Wildman–Crippen MR) is 93.7 cm³/mol. The molecule has 0 amide bonds.